The van der Waals surface area contributed by atoms with E-state index in [0.29, 0.717) is 17.9 Å². The molecule has 0 aliphatic heterocycles. The minimum atomic E-state index is -0.445. The summed E-state index contributed by atoms with van der Waals surface area (Å²) in [5, 5.41) is 0.892. The van der Waals surface area contributed by atoms with Crippen LogP contribution >= 0.6 is 0 Å². The number of hydrogen-bond donors (Lipinski definition) is 1. The lowest BCUT2D eigenvalue weighted by atomic mass is 10.2. The van der Waals surface area contributed by atoms with Gasteiger partial charge in [0.15, 0.2) is 5.76 Å². The number of benzene rings is 1. The average molecular weight is 260 g/mol. The molecule has 0 fully saturated rings. The fourth-order valence-electron chi connectivity index (χ4n) is 1.90. The Morgan fingerprint density at radius 3 is 2.63 bits per heavy atom. The van der Waals surface area contributed by atoms with Gasteiger partial charge < -0.3 is 10.2 Å². The van der Waals surface area contributed by atoms with Crippen molar-refractivity contribution in [2.45, 2.75) is 6.92 Å². The number of ketones is 1. The molecule has 1 amide bonds. The van der Waals surface area contributed by atoms with Gasteiger partial charge in [-0.15, -0.1) is 0 Å². The smallest absolute Gasteiger partial charge is 0.231 e. The number of para-hydroxylation sites is 1. The molecule has 2 N–H and O–H groups in total. The molecule has 2 aromatic rings. The Bertz CT molecular complexity index is 571. The lowest BCUT2D eigenvalue weighted by Crippen LogP contribution is -2.37. The fourth-order valence-corrected chi connectivity index (χ4v) is 1.90. The van der Waals surface area contributed by atoms with Gasteiger partial charge in [0, 0.05) is 5.39 Å². The van der Waals surface area contributed by atoms with Gasteiger partial charge >= 0.3 is 0 Å². The molecule has 0 radical (unpaired) electrons. The molecule has 19 heavy (non-hydrogen) atoms. The van der Waals surface area contributed by atoms with Crippen molar-refractivity contribution in [1.82, 2.24) is 4.90 Å². The van der Waals surface area contributed by atoms with Crippen LogP contribution in [0.5, 0.6) is 0 Å². The largest absolute Gasteiger partial charge is 0.453 e. The van der Waals surface area contributed by atoms with Crippen molar-refractivity contribution in [1.29, 1.82) is 0 Å². The highest BCUT2D eigenvalue weighted by molar-refractivity contribution is 5.99. The third-order valence-corrected chi connectivity index (χ3v) is 2.89. The number of rotatable bonds is 6. The number of likely N-dealkylation sites (N-methyl/N-ethyl adjacent to an activating group) is 1. The number of hydrogen-bond acceptors (Lipinski definition) is 4. The van der Waals surface area contributed by atoms with E-state index in [9.17, 15) is 9.59 Å². The zero-order chi connectivity index (χ0) is 13.8. The summed E-state index contributed by atoms with van der Waals surface area (Å²) < 4.78 is 5.49. The summed E-state index contributed by atoms with van der Waals surface area (Å²) in [7, 11) is 0. The number of carbonyl (C=O) groups is 2. The Labute approximate surface area is 111 Å². The zero-order valence-corrected chi connectivity index (χ0v) is 10.8. The van der Waals surface area contributed by atoms with Crippen molar-refractivity contribution in [3.05, 3.63) is 36.1 Å². The molecule has 1 aromatic heterocycles. The van der Waals surface area contributed by atoms with Crippen LogP contribution in [0.2, 0.25) is 0 Å². The van der Waals surface area contributed by atoms with Crippen LogP contribution in [0.25, 0.3) is 11.0 Å². The monoisotopic (exact) mass is 260 g/mol. The van der Waals surface area contributed by atoms with Crippen molar-refractivity contribution in [3.63, 3.8) is 0 Å². The maximum Gasteiger partial charge on any atom is 0.231 e. The van der Waals surface area contributed by atoms with Crippen LogP contribution < -0.4 is 5.73 Å². The summed E-state index contributed by atoms with van der Waals surface area (Å²) in [6.07, 6.45) is 0. The molecule has 5 nitrogen and oxygen atoms in total. The van der Waals surface area contributed by atoms with E-state index in [1.54, 1.807) is 11.0 Å². The molecule has 1 heterocycles. The SMILES string of the molecule is CCN(CC(N)=O)CC(=O)c1cc2ccccc2o1. The number of furan rings is 1. The Kier molecular flexibility index (Phi) is 3.97. The molecular weight excluding hydrogens is 244 g/mol. The molecule has 0 saturated heterocycles. The molecule has 0 aliphatic carbocycles. The summed E-state index contributed by atoms with van der Waals surface area (Å²) in [5.74, 6) is -0.289. The fraction of sp³-hybridized carbons (Fsp3) is 0.286. The molecular formula is C14H16N2O3. The van der Waals surface area contributed by atoms with Gasteiger partial charge in [0.1, 0.15) is 5.58 Å². The minimum absolute atomic E-state index is 0.0719. The van der Waals surface area contributed by atoms with E-state index in [4.69, 9.17) is 10.2 Å². The Morgan fingerprint density at radius 2 is 2.00 bits per heavy atom. The Balaban J connectivity index is 2.12. The molecule has 0 spiro atoms. The van der Waals surface area contributed by atoms with Crippen molar-refractivity contribution in [2.24, 2.45) is 5.73 Å². The van der Waals surface area contributed by atoms with Crippen molar-refractivity contribution in [3.8, 4) is 0 Å². The second kappa shape index (κ2) is 5.67. The normalized spacial score (nSPS) is 11.1. The summed E-state index contributed by atoms with van der Waals surface area (Å²) in [6.45, 7) is 2.64. The molecule has 0 atom stereocenters. The van der Waals surface area contributed by atoms with Crippen LogP contribution in [-0.2, 0) is 4.79 Å². The number of nitrogens with zero attached hydrogens (tertiary/aromatic N) is 1. The molecule has 1 aromatic carbocycles. The first-order chi connectivity index (χ1) is 9.10. The van der Waals surface area contributed by atoms with Crippen molar-refractivity contribution >= 4 is 22.7 Å². The van der Waals surface area contributed by atoms with E-state index in [1.807, 2.05) is 31.2 Å². The van der Waals surface area contributed by atoms with Crippen LogP contribution in [0.4, 0.5) is 0 Å². The first-order valence-electron chi connectivity index (χ1n) is 6.12. The Hall–Kier alpha value is -2.14. The predicted octanol–water partition coefficient (Wildman–Crippen LogP) is 1.42. The van der Waals surface area contributed by atoms with Gasteiger partial charge in [0.05, 0.1) is 13.1 Å². The van der Waals surface area contributed by atoms with E-state index in [0.717, 1.165) is 5.39 Å². The number of nitrogens with two attached hydrogens (primary N) is 1. The van der Waals surface area contributed by atoms with Crippen molar-refractivity contribution in [2.75, 3.05) is 19.6 Å². The topological polar surface area (TPSA) is 76.5 Å². The van der Waals surface area contributed by atoms with Crippen LogP contribution in [0, 0.1) is 0 Å². The Morgan fingerprint density at radius 1 is 1.26 bits per heavy atom. The molecule has 100 valence electrons. The number of amides is 1. The average Bonchev–Trinajstić information content (AvgIpc) is 2.81. The summed E-state index contributed by atoms with van der Waals surface area (Å²) in [4.78, 5) is 24.6. The molecule has 0 saturated carbocycles. The van der Waals surface area contributed by atoms with E-state index in [2.05, 4.69) is 0 Å². The summed E-state index contributed by atoms with van der Waals surface area (Å²) >= 11 is 0. The van der Waals surface area contributed by atoms with Gasteiger partial charge in [-0.2, -0.15) is 0 Å². The third-order valence-electron chi connectivity index (χ3n) is 2.89. The van der Waals surface area contributed by atoms with E-state index in [1.165, 1.54) is 0 Å². The van der Waals surface area contributed by atoms with Crippen LogP contribution in [-0.4, -0.2) is 36.2 Å². The van der Waals surface area contributed by atoms with Crippen LogP contribution in [0.3, 0.4) is 0 Å². The predicted molar refractivity (Wildman–Crippen MR) is 71.9 cm³/mol. The molecule has 0 aliphatic rings. The van der Waals surface area contributed by atoms with Gasteiger partial charge in [-0.1, -0.05) is 25.1 Å². The van der Waals surface area contributed by atoms with E-state index >= 15 is 0 Å². The maximum absolute atomic E-state index is 12.1. The van der Waals surface area contributed by atoms with Gasteiger partial charge in [-0.3, -0.25) is 14.5 Å². The van der Waals surface area contributed by atoms with Crippen LogP contribution in [0.15, 0.2) is 34.7 Å². The van der Waals surface area contributed by atoms with Gasteiger partial charge in [0.25, 0.3) is 0 Å². The first kappa shape index (κ1) is 13.3. The maximum atomic E-state index is 12.1. The van der Waals surface area contributed by atoms with Gasteiger partial charge in [0.2, 0.25) is 11.7 Å². The molecule has 0 bridgehead atoms. The standard InChI is InChI=1S/C14H16N2O3/c1-2-16(9-14(15)18)8-11(17)13-7-10-5-3-4-6-12(10)19-13/h3-7H,2,8-9H2,1H3,(H2,15,18). The lowest BCUT2D eigenvalue weighted by molar-refractivity contribution is -0.118. The third kappa shape index (κ3) is 3.20. The number of fused-ring (bicyclic) bond motifs is 1. The summed E-state index contributed by atoms with van der Waals surface area (Å²) in [5.41, 5.74) is 5.81. The zero-order valence-electron chi connectivity index (χ0n) is 10.8. The number of primary amides is 1. The second-order valence-corrected chi connectivity index (χ2v) is 4.34. The number of carbonyl (C=O) groups excluding carboxylic acids is 2. The van der Waals surface area contributed by atoms with E-state index in [-0.39, 0.29) is 18.9 Å². The molecule has 2 rings (SSSR count). The summed E-state index contributed by atoms with van der Waals surface area (Å²) in [6, 6.07) is 9.16. The molecule has 5 heteroatoms. The second-order valence-electron chi connectivity index (χ2n) is 4.34. The highest BCUT2D eigenvalue weighted by atomic mass is 16.3. The quantitative estimate of drug-likeness (QED) is 0.797. The lowest BCUT2D eigenvalue weighted by Gasteiger charge is -2.16. The first-order valence-corrected chi connectivity index (χ1v) is 6.12. The van der Waals surface area contributed by atoms with Crippen molar-refractivity contribution < 1.29 is 14.0 Å². The van der Waals surface area contributed by atoms with Gasteiger partial charge in [-0.05, 0) is 18.7 Å². The minimum Gasteiger partial charge on any atom is -0.453 e. The highest BCUT2D eigenvalue weighted by Gasteiger charge is 2.16. The number of Topliss-reactive ketones (excluding diaryl/α,β-unsaturated/α-hetero) is 1. The molecule has 0 unspecified atom stereocenters. The van der Waals surface area contributed by atoms with Crippen LogP contribution in [0.1, 0.15) is 17.5 Å². The van der Waals surface area contributed by atoms with E-state index < -0.39 is 5.91 Å². The highest BCUT2D eigenvalue weighted by Crippen LogP contribution is 2.19. The van der Waals surface area contributed by atoms with Gasteiger partial charge in [-0.25, -0.2) is 0 Å².